The molecule has 0 aromatic heterocycles. The van der Waals surface area contributed by atoms with Gasteiger partial charge in [0, 0.05) is 31.1 Å². The highest BCUT2D eigenvalue weighted by atomic mass is 19.1. The van der Waals surface area contributed by atoms with E-state index < -0.39 is 0 Å². The largest absolute Gasteiger partial charge is 0.352 e. The van der Waals surface area contributed by atoms with Gasteiger partial charge in [-0.15, -0.1) is 0 Å². The van der Waals surface area contributed by atoms with Crippen molar-refractivity contribution in [1.82, 2.24) is 10.6 Å². The molecule has 17 heavy (non-hydrogen) atoms. The van der Waals surface area contributed by atoms with E-state index in [0.717, 1.165) is 0 Å². The van der Waals surface area contributed by atoms with Crippen molar-refractivity contribution in [1.29, 1.82) is 0 Å². The molecule has 0 heterocycles. The lowest BCUT2D eigenvalue weighted by Crippen LogP contribution is -2.30. The van der Waals surface area contributed by atoms with Crippen LogP contribution in [0.4, 0.5) is 4.39 Å². The quantitative estimate of drug-likeness (QED) is 0.794. The lowest BCUT2D eigenvalue weighted by molar-refractivity contribution is -0.121. The highest BCUT2D eigenvalue weighted by Gasteiger charge is 2.04. The fraction of sp³-hybridized carbons (Fsp3) is 0.462. The Kier molecular flexibility index (Phi) is 5.63. The molecule has 3 nitrogen and oxygen atoms in total. The fourth-order valence-corrected chi connectivity index (χ4v) is 1.40. The Morgan fingerprint density at radius 1 is 1.35 bits per heavy atom. The number of hydrogen-bond acceptors (Lipinski definition) is 2. The molecule has 0 saturated carbocycles. The molecule has 0 aliphatic heterocycles. The van der Waals surface area contributed by atoms with Gasteiger partial charge in [0.1, 0.15) is 5.82 Å². The molecule has 1 amide bonds. The van der Waals surface area contributed by atoms with Crippen LogP contribution in [0.1, 0.15) is 25.8 Å². The van der Waals surface area contributed by atoms with Gasteiger partial charge >= 0.3 is 0 Å². The minimum absolute atomic E-state index is 0.0681. The highest BCUT2D eigenvalue weighted by Crippen LogP contribution is 2.05. The summed E-state index contributed by atoms with van der Waals surface area (Å²) in [5.41, 5.74) is 0.512. The van der Waals surface area contributed by atoms with Crippen molar-refractivity contribution in [2.45, 2.75) is 32.9 Å². The first kappa shape index (κ1) is 13.6. The topological polar surface area (TPSA) is 41.1 Å². The zero-order valence-electron chi connectivity index (χ0n) is 10.3. The first-order valence-electron chi connectivity index (χ1n) is 5.83. The monoisotopic (exact) mass is 238 g/mol. The number of nitrogens with one attached hydrogen (secondary N) is 2. The van der Waals surface area contributed by atoms with Crippen molar-refractivity contribution in [2.24, 2.45) is 0 Å². The zero-order valence-corrected chi connectivity index (χ0v) is 10.3. The van der Waals surface area contributed by atoms with Gasteiger partial charge in [0.25, 0.3) is 0 Å². The van der Waals surface area contributed by atoms with E-state index in [2.05, 4.69) is 10.6 Å². The highest BCUT2D eigenvalue weighted by molar-refractivity contribution is 5.76. The van der Waals surface area contributed by atoms with Gasteiger partial charge in [0.05, 0.1) is 0 Å². The average Bonchev–Trinajstić information content (AvgIpc) is 2.27. The third kappa shape index (κ3) is 5.45. The maximum Gasteiger partial charge on any atom is 0.221 e. The second-order valence-electron chi connectivity index (χ2n) is 4.23. The molecule has 0 unspecified atom stereocenters. The van der Waals surface area contributed by atoms with Gasteiger partial charge in [0.15, 0.2) is 0 Å². The summed E-state index contributed by atoms with van der Waals surface area (Å²) in [6.45, 7) is 4.93. The van der Waals surface area contributed by atoms with Gasteiger partial charge in [0.2, 0.25) is 5.91 Å². The summed E-state index contributed by atoms with van der Waals surface area (Å²) in [6, 6.07) is 6.82. The van der Waals surface area contributed by atoms with Crippen molar-refractivity contribution < 1.29 is 9.18 Å². The Morgan fingerprint density at radius 3 is 2.71 bits per heavy atom. The summed E-state index contributed by atoms with van der Waals surface area (Å²) in [7, 11) is 0. The average molecular weight is 238 g/mol. The molecular formula is C13H19FN2O. The van der Waals surface area contributed by atoms with Crippen LogP contribution in [0.2, 0.25) is 0 Å². The van der Waals surface area contributed by atoms with Crippen LogP contribution in [0, 0.1) is 5.82 Å². The molecule has 0 bridgehead atoms. The van der Waals surface area contributed by atoms with E-state index >= 15 is 0 Å². The summed E-state index contributed by atoms with van der Waals surface area (Å²) in [6.07, 6.45) is 0.409. The van der Waals surface area contributed by atoms with Crippen molar-refractivity contribution in [3.63, 3.8) is 0 Å². The van der Waals surface area contributed by atoms with Crippen LogP contribution < -0.4 is 10.6 Å². The maximum absolute atomic E-state index is 13.2. The molecule has 0 saturated heterocycles. The van der Waals surface area contributed by atoms with Gasteiger partial charge in [-0.3, -0.25) is 4.79 Å². The molecule has 1 aromatic carbocycles. The zero-order chi connectivity index (χ0) is 12.7. The molecule has 0 radical (unpaired) electrons. The van der Waals surface area contributed by atoms with Gasteiger partial charge in [-0.25, -0.2) is 4.39 Å². The Balaban J connectivity index is 2.26. The van der Waals surface area contributed by atoms with E-state index in [-0.39, 0.29) is 18.3 Å². The van der Waals surface area contributed by atoms with Crippen LogP contribution in [0.5, 0.6) is 0 Å². The normalized spacial score (nSPS) is 10.6. The molecular weight excluding hydrogens is 219 g/mol. The number of carbonyl (C=O) groups is 1. The predicted molar refractivity (Wildman–Crippen MR) is 66.0 cm³/mol. The molecule has 0 aliphatic carbocycles. The van der Waals surface area contributed by atoms with Crippen LogP contribution >= 0.6 is 0 Å². The molecule has 0 aliphatic rings. The predicted octanol–water partition coefficient (Wildman–Crippen LogP) is 1.83. The number of carbonyl (C=O) groups excluding carboxylic acids is 1. The second-order valence-corrected chi connectivity index (χ2v) is 4.23. The molecule has 0 spiro atoms. The Morgan fingerprint density at radius 2 is 2.06 bits per heavy atom. The third-order valence-electron chi connectivity index (χ3n) is 2.34. The van der Waals surface area contributed by atoms with Gasteiger partial charge in [-0.05, 0) is 6.07 Å². The summed E-state index contributed by atoms with van der Waals surface area (Å²) in [5, 5.41) is 5.85. The number of benzene rings is 1. The standard InChI is InChI=1S/C13H19FN2O/c1-10(2)15-8-7-13(17)16-9-11-5-3-4-6-12(11)14/h3-6,10,15H,7-9H2,1-2H3,(H,16,17). The SMILES string of the molecule is CC(C)NCCC(=O)NCc1ccccc1F. The van der Waals surface area contributed by atoms with E-state index in [4.69, 9.17) is 0 Å². The van der Waals surface area contributed by atoms with E-state index in [9.17, 15) is 9.18 Å². The van der Waals surface area contributed by atoms with Crippen LogP contribution in [-0.2, 0) is 11.3 Å². The Hall–Kier alpha value is -1.42. The number of rotatable bonds is 6. The van der Waals surface area contributed by atoms with E-state index in [1.165, 1.54) is 6.07 Å². The fourth-order valence-electron chi connectivity index (χ4n) is 1.40. The maximum atomic E-state index is 13.2. The van der Waals surface area contributed by atoms with Crippen molar-refractivity contribution in [3.8, 4) is 0 Å². The Labute approximate surface area is 101 Å². The minimum Gasteiger partial charge on any atom is -0.352 e. The van der Waals surface area contributed by atoms with Crippen LogP contribution in [0.15, 0.2) is 24.3 Å². The summed E-state index contributed by atoms with van der Waals surface area (Å²) < 4.78 is 13.2. The minimum atomic E-state index is -0.284. The van der Waals surface area contributed by atoms with Gasteiger partial charge < -0.3 is 10.6 Å². The lowest BCUT2D eigenvalue weighted by atomic mass is 10.2. The third-order valence-corrected chi connectivity index (χ3v) is 2.34. The first-order chi connectivity index (χ1) is 8.09. The molecule has 1 rings (SSSR count). The smallest absolute Gasteiger partial charge is 0.221 e. The molecule has 1 aromatic rings. The number of halogens is 1. The lowest BCUT2D eigenvalue weighted by Gasteiger charge is -2.08. The summed E-state index contributed by atoms with van der Waals surface area (Å²) in [5.74, 6) is -0.352. The molecule has 2 N–H and O–H groups in total. The summed E-state index contributed by atoms with van der Waals surface area (Å²) >= 11 is 0. The van der Waals surface area contributed by atoms with Crippen molar-refractivity contribution in [2.75, 3.05) is 6.54 Å². The van der Waals surface area contributed by atoms with Crippen molar-refractivity contribution in [3.05, 3.63) is 35.6 Å². The van der Waals surface area contributed by atoms with Crippen LogP contribution in [-0.4, -0.2) is 18.5 Å². The number of amides is 1. The molecule has 0 fully saturated rings. The van der Waals surface area contributed by atoms with Gasteiger partial charge in [-0.1, -0.05) is 32.0 Å². The molecule has 4 heteroatoms. The van der Waals surface area contributed by atoms with E-state index in [1.54, 1.807) is 18.2 Å². The van der Waals surface area contributed by atoms with Crippen LogP contribution in [0.3, 0.4) is 0 Å². The van der Waals surface area contributed by atoms with Gasteiger partial charge in [-0.2, -0.15) is 0 Å². The Bertz CT molecular complexity index is 366. The van der Waals surface area contributed by atoms with E-state index in [1.807, 2.05) is 13.8 Å². The first-order valence-corrected chi connectivity index (χ1v) is 5.83. The molecule has 0 atom stereocenters. The molecule has 94 valence electrons. The summed E-state index contributed by atoms with van der Waals surface area (Å²) in [4.78, 5) is 11.4. The van der Waals surface area contributed by atoms with Crippen LogP contribution in [0.25, 0.3) is 0 Å². The van der Waals surface area contributed by atoms with E-state index in [0.29, 0.717) is 24.6 Å². The second kappa shape index (κ2) is 7.01. The number of hydrogen-bond donors (Lipinski definition) is 2. The van der Waals surface area contributed by atoms with Crippen molar-refractivity contribution >= 4 is 5.91 Å².